The number of esters is 1. The molecule has 2 rings (SSSR count). The molecule has 3 heteroatoms. The van der Waals surface area contributed by atoms with Gasteiger partial charge in [0.25, 0.3) is 0 Å². The summed E-state index contributed by atoms with van der Waals surface area (Å²) in [5, 5.41) is 0.684. The van der Waals surface area contributed by atoms with Gasteiger partial charge in [0, 0.05) is 16.5 Å². The molecule has 1 atom stereocenters. The number of ether oxygens (including phenoxy) is 1. The van der Waals surface area contributed by atoms with E-state index in [1.165, 1.54) is 0 Å². The summed E-state index contributed by atoms with van der Waals surface area (Å²) in [5.41, 5.74) is 2.72. The number of hydrogen-bond acceptors (Lipinski definition) is 2. The van der Waals surface area contributed by atoms with Gasteiger partial charge in [-0.3, -0.25) is 0 Å². The lowest BCUT2D eigenvalue weighted by atomic mass is 10.1. The molecule has 0 radical (unpaired) electrons. The number of carbonyl (C=O) groups excluding carboxylic acids is 1. The van der Waals surface area contributed by atoms with Crippen LogP contribution in [0, 0.1) is 5.92 Å². The van der Waals surface area contributed by atoms with E-state index in [-0.39, 0.29) is 11.9 Å². The van der Waals surface area contributed by atoms with E-state index < -0.39 is 0 Å². The predicted octanol–water partition coefficient (Wildman–Crippen LogP) is 3.31. The van der Waals surface area contributed by atoms with E-state index in [1.54, 1.807) is 6.92 Å². The second-order valence-electron chi connectivity index (χ2n) is 3.75. The molecule has 0 fully saturated rings. The molecule has 16 heavy (non-hydrogen) atoms. The molecule has 1 aromatic rings. The van der Waals surface area contributed by atoms with E-state index in [2.05, 4.69) is 0 Å². The van der Waals surface area contributed by atoms with Crippen molar-refractivity contribution < 1.29 is 9.53 Å². The van der Waals surface area contributed by atoms with Crippen molar-refractivity contribution in [2.45, 2.75) is 13.8 Å². The van der Waals surface area contributed by atoms with Gasteiger partial charge < -0.3 is 4.74 Å². The van der Waals surface area contributed by atoms with Gasteiger partial charge in [-0.2, -0.15) is 0 Å². The summed E-state index contributed by atoms with van der Waals surface area (Å²) >= 11 is 6.09. The molecule has 0 aliphatic heterocycles. The Bertz CT molecular complexity index is 463. The van der Waals surface area contributed by atoms with E-state index >= 15 is 0 Å². The Morgan fingerprint density at radius 2 is 2.12 bits per heavy atom. The molecule has 0 saturated carbocycles. The zero-order valence-electron chi connectivity index (χ0n) is 9.29. The highest BCUT2D eigenvalue weighted by molar-refractivity contribution is 6.33. The third kappa shape index (κ3) is 1.85. The largest absolute Gasteiger partial charge is 0.463 e. The second kappa shape index (κ2) is 4.30. The van der Waals surface area contributed by atoms with Crippen molar-refractivity contribution in [2.24, 2.45) is 5.92 Å². The van der Waals surface area contributed by atoms with E-state index in [0.717, 1.165) is 16.7 Å². The lowest BCUT2D eigenvalue weighted by molar-refractivity contribution is -0.138. The topological polar surface area (TPSA) is 26.3 Å². The normalized spacial score (nSPS) is 18.6. The molecular formula is C13H13ClO2. The van der Waals surface area contributed by atoms with Gasteiger partial charge in [-0.15, -0.1) is 0 Å². The van der Waals surface area contributed by atoms with Gasteiger partial charge in [0.2, 0.25) is 0 Å². The van der Waals surface area contributed by atoms with Crippen LogP contribution in [0.15, 0.2) is 29.8 Å². The monoisotopic (exact) mass is 236 g/mol. The fourth-order valence-corrected chi connectivity index (χ4v) is 2.13. The van der Waals surface area contributed by atoms with Gasteiger partial charge in [-0.25, -0.2) is 4.79 Å². The Kier molecular flexibility index (Phi) is 3.01. The van der Waals surface area contributed by atoms with Crippen LogP contribution < -0.4 is 0 Å². The molecule has 1 aliphatic rings. The van der Waals surface area contributed by atoms with Crippen LogP contribution in [0.1, 0.15) is 19.4 Å². The first-order chi connectivity index (χ1) is 7.66. The second-order valence-corrected chi connectivity index (χ2v) is 4.16. The standard InChI is InChI=1S/C13H13ClO2/c1-3-16-13(15)12-8(2)11(12)9-6-4-5-7-10(9)14/h4-8H,3H2,1-2H3. The Balaban J connectivity index is 2.30. The first-order valence-electron chi connectivity index (χ1n) is 5.33. The highest BCUT2D eigenvalue weighted by atomic mass is 35.5. The van der Waals surface area contributed by atoms with Crippen LogP contribution in [0.4, 0.5) is 0 Å². The van der Waals surface area contributed by atoms with Gasteiger partial charge in [-0.05, 0) is 24.1 Å². The summed E-state index contributed by atoms with van der Waals surface area (Å²) in [5.74, 6) is -0.0520. The number of rotatable bonds is 3. The maximum absolute atomic E-state index is 11.6. The number of halogens is 1. The summed E-state index contributed by atoms with van der Waals surface area (Å²) in [6.45, 7) is 4.20. The molecule has 0 N–H and O–H groups in total. The van der Waals surface area contributed by atoms with Crippen molar-refractivity contribution in [2.75, 3.05) is 6.61 Å². The third-order valence-electron chi connectivity index (χ3n) is 2.73. The van der Waals surface area contributed by atoms with Crippen LogP contribution in [0.25, 0.3) is 5.57 Å². The van der Waals surface area contributed by atoms with Crippen LogP contribution in [-0.4, -0.2) is 12.6 Å². The minimum Gasteiger partial charge on any atom is -0.463 e. The fraction of sp³-hybridized carbons (Fsp3) is 0.308. The number of allylic oxidation sites excluding steroid dienone is 1. The van der Waals surface area contributed by atoms with Crippen LogP contribution in [0.3, 0.4) is 0 Å². The van der Waals surface area contributed by atoms with Crippen molar-refractivity contribution in [3.05, 3.63) is 40.4 Å². The summed E-state index contributed by atoms with van der Waals surface area (Å²) in [7, 11) is 0. The highest BCUT2D eigenvalue weighted by Crippen LogP contribution is 2.48. The Morgan fingerprint density at radius 1 is 1.44 bits per heavy atom. The smallest absolute Gasteiger partial charge is 0.334 e. The molecular weight excluding hydrogens is 224 g/mol. The van der Waals surface area contributed by atoms with Crippen LogP contribution in [0.5, 0.6) is 0 Å². The molecule has 2 nitrogen and oxygen atoms in total. The van der Waals surface area contributed by atoms with Crippen molar-refractivity contribution in [1.29, 1.82) is 0 Å². The number of carbonyl (C=O) groups is 1. The molecule has 1 unspecified atom stereocenters. The number of benzene rings is 1. The molecule has 1 aliphatic carbocycles. The fourth-order valence-electron chi connectivity index (χ4n) is 1.89. The molecule has 0 amide bonds. The van der Waals surface area contributed by atoms with E-state index in [1.807, 2.05) is 31.2 Å². The molecule has 84 valence electrons. The van der Waals surface area contributed by atoms with Gasteiger partial charge in [0.15, 0.2) is 0 Å². The van der Waals surface area contributed by atoms with Crippen LogP contribution >= 0.6 is 11.6 Å². The maximum atomic E-state index is 11.6. The number of hydrogen-bond donors (Lipinski definition) is 0. The SMILES string of the molecule is CCOC(=O)C1=C(c2ccccc2Cl)C1C. The Labute approximate surface area is 99.9 Å². The van der Waals surface area contributed by atoms with E-state index in [0.29, 0.717) is 11.6 Å². The van der Waals surface area contributed by atoms with Crippen molar-refractivity contribution in [3.63, 3.8) is 0 Å². The molecule has 0 heterocycles. The van der Waals surface area contributed by atoms with Crippen molar-refractivity contribution >= 4 is 23.1 Å². The summed E-state index contributed by atoms with van der Waals surface area (Å²) in [6.07, 6.45) is 0. The molecule has 0 bridgehead atoms. The summed E-state index contributed by atoms with van der Waals surface area (Å²) in [4.78, 5) is 11.6. The van der Waals surface area contributed by atoms with E-state index in [4.69, 9.17) is 16.3 Å². The average molecular weight is 237 g/mol. The quantitative estimate of drug-likeness (QED) is 0.753. The maximum Gasteiger partial charge on any atom is 0.334 e. The van der Waals surface area contributed by atoms with E-state index in [9.17, 15) is 4.79 Å². The van der Waals surface area contributed by atoms with Crippen molar-refractivity contribution in [1.82, 2.24) is 0 Å². The zero-order valence-corrected chi connectivity index (χ0v) is 10.0. The van der Waals surface area contributed by atoms with Gasteiger partial charge in [-0.1, -0.05) is 36.7 Å². The van der Waals surface area contributed by atoms with Gasteiger partial charge in [0.05, 0.1) is 6.61 Å². The van der Waals surface area contributed by atoms with Gasteiger partial charge in [0.1, 0.15) is 0 Å². The van der Waals surface area contributed by atoms with Gasteiger partial charge >= 0.3 is 5.97 Å². The first kappa shape index (κ1) is 11.2. The summed E-state index contributed by atoms with van der Waals surface area (Å²) in [6, 6.07) is 7.56. The first-order valence-corrected chi connectivity index (χ1v) is 5.70. The third-order valence-corrected chi connectivity index (χ3v) is 3.06. The van der Waals surface area contributed by atoms with Crippen LogP contribution in [0.2, 0.25) is 5.02 Å². The average Bonchev–Trinajstić information content (AvgIpc) is 2.91. The molecule has 0 saturated heterocycles. The van der Waals surface area contributed by atoms with Crippen molar-refractivity contribution in [3.8, 4) is 0 Å². The Morgan fingerprint density at radius 3 is 2.75 bits per heavy atom. The molecule has 1 aromatic carbocycles. The predicted molar refractivity (Wildman–Crippen MR) is 64.2 cm³/mol. The molecule has 0 spiro atoms. The zero-order chi connectivity index (χ0) is 11.7. The minimum absolute atomic E-state index is 0.166. The molecule has 0 aromatic heterocycles. The Hall–Kier alpha value is -1.28. The lowest BCUT2D eigenvalue weighted by Gasteiger charge is -1.97. The lowest BCUT2D eigenvalue weighted by Crippen LogP contribution is -2.02. The highest BCUT2D eigenvalue weighted by Gasteiger charge is 2.40. The minimum atomic E-state index is -0.218. The summed E-state index contributed by atoms with van der Waals surface area (Å²) < 4.78 is 4.99. The van der Waals surface area contributed by atoms with Crippen LogP contribution in [-0.2, 0) is 9.53 Å².